The first-order chi connectivity index (χ1) is 5.25. The number of Topliss-reactive ketones (excluding diaryl/α,β-unsaturated/α-hetero) is 1. The number of rotatable bonds is 2. The summed E-state index contributed by atoms with van der Waals surface area (Å²) >= 11 is 0. The van der Waals surface area contributed by atoms with E-state index in [1.165, 1.54) is 4.68 Å². The molecule has 0 aliphatic heterocycles. The van der Waals surface area contributed by atoms with Gasteiger partial charge in [-0.2, -0.15) is 5.10 Å². The average molecular weight is 148 g/mol. The van der Waals surface area contributed by atoms with E-state index in [0.717, 1.165) is 0 Å². The van der Waals surface area contributed by atoms with Gasteiger partial charge in [0.05, 0.1) is 6.42 Å². The highest BCUT2D eigenvalue weighted by Gasteiger charge is 2.06. The van der Waals surface area contributed by atoms with Crippen molar-refractivity contribution in [2.45, 2.75) is 6.42 Å². The summed E-state index contributed by atoms with van der Waals surface area (Å²) in [5.41, 5.74) is 0.558. The van der Waals surface area contributed by atoms with Crippen molar-refractivity contribution in [3.63, 3.8) is 0 Å². The zero-order chi connectivity index (χ0) is 8.27. The van der Waals surface area contributed by atoms with Crippen molar-refractivity contribution < 1.29 is 4.79 Å². The Bertz CT molecular complexity index is 306. The lowest BCUT2D eigenvalue weighted by Crippen LogP contribution is -2.05. The van der Waals surface area contributed by atoms with Crippen LogP contribution in [-0.2, 0) is 7.05 Å². The molecule has 1 aromatic heterocycles. The van der Waals surface area contributed by atoms with Gasteiger partial charge in [-0.15, -0.1) is 6.42 Å². The summed E-state index contributed by atoms with van der Waals surface area (Å²) in [5, 5.41) is 3.85. The first kappa shape index (κ1) is 7.55. The van der Waals surface area contributed by atoms with E-state index >= 15 is 0 Å². The lowest BCUT2D eigenvalue weighted by Gasteiger charge is -1.95. The number of ketones is 1. The molecule has 0 radical (unpaired) electrons. The van der Waals surface area contributed by atoms with E-state index in [0.29, 0.717) is 5.69 Å². The van der Waals surface area contributed by atoms with Crippen molar-refractivity contribution in [2.75, 3.05) is 0 Å². The van der Waals surface area contributed by atoms with Crippen LogP contribution in [0.25, 0.3) is 0 Å². The molecule has 11 heavy (non-hydrogen) atoms. The van der Waals surface area contributed by atoms with Crippen molar-refractivity contribution in [1.29, 1.82) is 0 Å². The highest BCUT2D eigenvalue weighted by Crippen LogP contribution is 1.99. The average Bonchev–Trinajstić information content (AvgIpc) is 2.36. The first-order valence-corrected chi connectivity index (χ1v) is 3.20. The van der Waals surface area contributed by atoms with Crippen molar-refractivity contribution in [3.05, 3.63) is 18.0 Å². The second-order valence-electron chi connectivity index (χ2n) is 2.14. The monoisotopic (exact) mass is 148 g/mol. The van der Waals surface area contributed by atoms with Gasteiger partial charge in [-0.1, -0.05) is 5.92 Å². The van der Waals surface area contributed by atoms with Gasteiger partial charge in [0.1, 0.15) is 5.69 Å². The van der Waals surface area contributed by atoms with E-state index in [1.807, 2.05) is 0 Å². The van der Waals surface area contributed by atoms with Gasteiger partial charge in [0.15, 0.2) is 5.78 Å². The second kappa shape index (κ2) is 3.02. The number of terminal acetylenes is 1. The van der Waals surface area contributed by atoms with Crippen LogP contribution in [0, 0.1) is 12.3 Å². The van der Waals surface area contributed by atoms with Crippen LogP contribution < -0.4 is 0 Å². The Morgan fingerprint density at radius 2 is 2.64 bits per heavy atom. The summed E-state index contributed by atoms with van der Waals surface area (Å²) in [5.74, 6) is 2.23. The highest BCUT2D eigenvalue weighted by molar-refractivity contribution is 5.95. The van der Waals surface area contributed by atoms with E-state index in [4.69, 9.17) is 6.42 Å². The van der Waals surface area contributed by atoms with Crippen LogP contribution in [0.3, 0.4) is 0 Å². The Labute approximate surface area is 65.0 Å². The third-order valence-electron chi connectivity index (χ3n) is 1.37. The molecule has 0 fully saturated rings. The van der Waals surface area contributed by atoms with Crippen LogP contribution in [0.4, 0.5) is 0 Å². The van der Waals surface area contributed by atoms with Crippen molar-refractivity contribution in [1.82, 2.24) is 9.78 Å². The predicted molar refractivity (Wildman–Crippen MR) is 41.0 cm³/mol. The standard InChI is InChI=1S/C8H8N2O/c1-3-4-8(11)7-5-6-9-10(7)2/h1,5-6H,4H2,2H3. The fourth-order valence-corrected chi connectivity index (χ4v) is 0.831. The molecule has 3 heteroatoms. The third-order valence-corrected chi connectivity index (χ3v) is 1.37. The molecular weight excluding hydrogens is 140 g/mol. The van der Waals surface area contributed by atoms with Crippen LogP contribution >= 0.6 is 0 Å². The van der Waals surface area contributed by atoms with Gasteiger partial charge in [0.2, 0.25) is 0 Å². The van der Waals surface area contributed by atoms with Gasteiger partial charge in [0.25, 0.3) is 0 Å². The second-order valence-corrected chi connectivity index (χ2v) is 2.14. The maximum atomic E-state index is 11.1. The van der Waals surface area contributed by atoms with Crippen LogP contribution in [0.2, 0.25) is 0 Å². The molecular formula is C8H8N2O. The molecule has 1 aromatic rings. The number of carbonyl (C=O) groups excluding carboxylic acids is 1. The van der Waals surface area contributed by atoms with E-state index in [-0.39, 0.29) is 12.2 Å². The Hall–Kier alpha value is -1.56. The van der Waals surface area contributed by atoms with Gasteiger partial charge in [-0.3, -0.25) is 9.48 Å². The molecule has 0 saturated heterocycles. The normalized spacial score (nSPS) is 9.09. The minimum atomic E-state index is -0.0625. The Kier molecular flexibility index (Phi) is 2.07. The molecule has 0 amide bonds. The van der Waals surface area contributed by atoms with Gasteiger partial charge in [-0.05, 0) is 6.07 Å². The lowest BCUT2D eigenvalue weighted by molar-refractivity contribution is 0.0989. The van der Waals surface area contributed by atoms with Gasteiger partial charge < -0.3 is 0 Å². The summed E-state index contributed by atoms with van der Waals surface area (Å²) in [6.07, 6.45) is 6.70. The molecule has 56 valence electrons. The number of hydrogen-bond donors (Lipinski definition) is 0. The molecule has 0 atom stereocenters. The quantitative estimate of drug-likeness (QED) is 0.455. The Balaban J connectivity index is 2.86. The molecule has 0 aromatic carbocycles. The minimum Gasteiger partial charge on any atom is -0.291 e. The molecule has 0 spiro atoms. The SMILES string of the molecule is C#CCC(=O)c1ccnn1C. The maximum absolute atomic E-state index is 11.1. The van der Waals surface area contributed by atoms with Crippen LogP contribution in [0.1, 0.15) is 16.9 Å². The van der Waals surface area contributed by atoms with Crippen molar-refractivity contribution in [3.8, 4) is 12.3 Å². The molecule has 0 aliphatic rings. The molecule has 3 nitrogen and oxygen atoms in total. The van der Waals surface area contributed by atoms with Gasteiger partial charge in [0, 0.05) is 13.2 Å². The molecule has 1 heterocycles. The Morgan fingerprint density at radius 1 is 1.91 bits per heavy atom. The summed E-state index contributed by atoms with van der Waals surface area (Å²) in [4.78, 5) is 11.1. The number of nitrogens with zero attached hydrogens (tertiary/aromatic N) is 2. The number of aryl methyl sites for hydroxylation is 1. The topological polar surface area (TPSA) is 34.9 Å². The summed E-state index contributed by atoms with van der Waals surface area (Å²) in [6, 6.07) is 1.65. The van der Waals surface area contributed by atoms with E-state index in [1.54, 1.807) is 19.3 Å². The molecule has 0 N–H and O–H groups in total. The highest BCUT2D eigenvalue weighted by atomic mass is 16.1. The fraction of sp³-hybridized carbons (Fsp3) is 0.250. The van der Waals surface area contributed by atoms with E-state index < -0.39 is 0 Å². The summed E-state index contributed by atoms with van der Waals surface area (Å²) < 4.78 is 1.51. The van der Waals surface area contributed by atoms with Gasteiger partial charge in [-0.25, -0.2) is 0 Å². The number of aromatic nitrogens is 2. The maximum Gasteiger partial charge on any atom is 0.192 e. The van der Waals surface area contributed by atoms with E-state index in [2.05, 4.69) is 11.0 Å². The Morgan fingerprint density at radius 3 is 3.09 bits per heavy atom. The largest absolute Gasteiger partial charge is 0.291 e. The molecule has 0 bridgehead atoms. The van der Waals surface area contributed by atoms with Crippen LogP contribution in [-0.4, -0.2) is 15.6 Å². The van der Waals surface area contributed by atoms with Gasteiger partial charge >= 0.3 is 0 Å². The third kappa shape index (κ3) is 1.47. The lowest BCUT2D eigenvalue weighted by atomic mass is 10.2. The number of hydrogen-bond acceptors (Lipinski definition) is 2. The molecule has 0 aliphatic carbocycles. The summed E-state index contributed by atoms with van der Waals surface area (Å²) in [6.45, 7) is 0. The molecule has 0 unspecified atom stereocenters. The van der Waals surface area contributed by atoms with Crippen molar-refractivity contribution >= 4 is 5.78 Å². The minimum absolute atomic E-state index is 0.0625. The van der Waals surface area contributed by atoms with Crippen LogP contribution in [0.15, 0.2) is 12.3 Å². The molecule has 0 saturated carbocycles. The van der Waals surface area contributed by atoms with Crippen molar-refractivity contribution in [2.24, 2.45) is 7.05 Å². The smallest absolute Gasteiger partial charge is 0.192 e. The first-order valence-electron chi connectivity index (χ1n) is 3.20. The van der Waals surface area contributed by atoms with Crippen LogP contribution in [0.5, 0.6) is 0 Å². The fourth-order valence-electron chi connectivity index (χ4n) is 0.831. The zero-order valence-electron chi connectivity index (χ0n) is 6.24. The number of carbonyl (C=O) groups is 1. The molecule has 1 rings (SSSR count). The van der Waals surface area contributed by atoms with E-state index in [9.17, 15) is 4.79 Å². The summed E-state index contributed by atoms with van der Waals surface area (Å²) in [7, 11) is 1.71. The zero-order valence-corrected chi connectivity index (χ0v) is 6.24. The predicted octanol–water partition coefficient (Wildman–Crippen LogP) is 0.626.